The van der Waals surface area contributed by atoms with Crippen LogP contribution in [0.5, 0.6) is 5.75 Å². The molecule has 0 saturated carbocycles. The third kappa shape index (κ3) is 16.5. The highest BCUT2D eigenvalue weighted by atomic mass is 16.5. The van der Waals surface area contributed by atoms with Crippen LogP contribution in [0.4, 0.5) is 4.79 Å². The number of aromatic hydroxyl groups is 1. The summed E-state index contributed by atoms with van der Waals surface area (Å²) >= 11 is 0. The highest BCUT2D eigenvalue weighted by Gasteiger charge is 2.37. The maximum Gasteiger partial charge on any atom is 0.326 e. The number of nitrogens with one attached hydrogen (secondary N) is 6. The molecular weight excluding hydrogens is 815 g/mol. The first kappa shape index (κ1) is 51.2. The number of phenols is 1. The molecule has 346 valence electrons. The molecule has 1 heterocycles. The van der Waals surface area contributed by atoms with Crippen molar-refractivity contribution in [3.63, 3.8) is 0 Å². The number of carbonyl (C=O) groups excluding carboxylic acids is 7. The molecule has 0 radical (unpaired) electrons. The zero-order valence-corrected chi connectivity index (χ0v) is 37.1. The van der Waals surface area contributed by atoms with Gasteiger partial charge in [-0.05, 0) is 80.0 Å². The van der Waals surface area contributed by atoms with Gasteiger partial charge in [0.1, 0.15) is 48.6 Å². The van der Waals surface area contributed by atoms with Gasteiger partial charge in [-0.3, -0.25) is 28.8 Å². The molecule has 8 N–H and O–H groups in total. The predicted octanol–water partition coefficient (Wildman–Crippen LogP) is 2.32. The van der Waals surface area contributed by atoms with Gasteiger partial charge in [0.2, 0.25) is 29.5 Å². The molecule has 1 fully saturated rings. The molecule has 18 heteroatoms. The van der Waals surface area contributed by atoms with Gasteiger partial charge in [-0.2, -0.15) is 0 Å². The van der Waals surface area contributed by atoms with Crippen LogP contribution in [0.15, 0.2) is 54.6 Å². The molecule has 1 aliphatic rings. The normalized spacial score (nSPS) is 22.3. The minimum absolute atomic E-state index is 0.0182. The van der Waals surface area contributed by atoms with Crippen LogP contribution < -0.4 is 31.9 Å². The number of amides is 7. The van der Waals surface area contributed by atoms with E-state index in [1.165, 1.54) is 24.1 Å². The number of likely N-dealkylation sites (N-methyl/N-ethyl adjacent to an activating group) is 1. The Morgan fingerprint density at radius 1 is 0.810 bits per heavy atom. The van der Waals surface area contributed by atoms with E-state index in [1.54, 1.807) is 32.9 Å². The van der Waals surface area contributed by atoms with Crippen molar-refractivity contribution >= 4 is 47.5 Å². The van der Waals surface area contributed by atoms with Gasteiger partial charge in [0, 0.05) is 20.5 Å². The fourth-order valence-corrected chi connectivity index (χ4v) is 7.05. The molecule has 7 amide bonds. The fourth-order valence-electron chi connectivity index (χ4n) is 7.05. The number of carboxylic acid groups (broad SMARTS) is 1. The number of urea groups is 1. The molecular formula is C45H65N7O11. The lowest BCUT2D eigenvalue weighted by molar-refractivity contribution is -0.146. The summed E-state index contributed by atoms with van der Waals surface area (Å²) in [6.07, 6.45) is 2.20. The Hall–Kier alpha value is -6.20. The van der Waals surface area contributed by atoms with Crippen LogP contribution in [0.25, 0.3) is 0 Å². The Labute approximate surface area is 369 Å². The van der Waals surface area contributed by atoms with E-state index in [4.69, 9.17) is 4.74 Å². The van der Waals surface area contributed by atoms with Crippen LogP contribution in [0, 0.1) is 11.8 Å². The van der Waals surface area contributed by atoms with Crippen LogP contribution in [0.2, 0.25) is 0 Å². The monoisotopic (exact) mass is 879 g/mol. The number of nitrogens with zero attached hydrogens (tertiary/aromatic N) is 1. The molecule has 0 aromatic heterocycles. The number of hydrogen-bond acceptors (Lipinski definition) is 10. The average Bonchev–Trinajstić information content (AvgIpc) is 3.26. The smallest absolute Gasteiger partial charge is 0.326 e. The van der Waals surface area contributed by atoms with E-state index in [0.717, 1.165) is 18.1 Å². The molecule has 2 aromatic rings. The average molecular weight is 880 g/mol. The summed E-state index contributed by atoms with van der Waals surface area (Å²) < 4.78 is 5.15. The zero-order chi connectivity index (χ0) is 46.6. The molecule has 63 heavy (non-hydrogen) atoms. The van der Waals surface area contributed by atoms with Gasteiger partial charge < -0.3 is 51.8 Å². The summed E-state index contributed by atoms with van der Waals surface area (Å²) in [6, 6.07) is 7.22. The molecule has 8 unspecified atom stereocenters. The van der Waals surface area contributed by atoms with Crippen LogP contribution in [0.1, 0.15) is 90.7 Å². The largest absolute Gasteiger partial charge is 0.508 e. The van der Waals surface area contributed by atoms with Gasteiger partial charge in [-0.15, -0.1) is 0 Å². The highest BCUT2D eigenvalue weighted by molar-refractivity contribution is 5.96. The highest BCUT2D eigenvalue weighted by Crippen LogP contribution is 2.18. The SMILES string of the molecule is CCC(C)C(NC(=O)NC1CCCCNC(=O)C(COC(C)=O)NC(=O)C(CCc2ccc(O)cc2)N(C)C(=O)C(CCc2ccccc2)NC(=O)C(C(C)CC)NC1=O)C(=O)O. The summed E-state index contributed by atoms with van der Waals surface area (Å²) in [4.78, 5) is 109. The number of hydrogen-bond donors (Lipinski definition) is 8. The Morgan fingerprint density at radius 3 is 2.06 bits per heavy atom. The molecule has 1 aliphatic heterocycles. The second kappa shape index (κ2) is 25.7. The number of benzene rings is 2. The third-order valence-electron chi connectivity index (χ3n) is 11.4. The van der Waals surface area contributed by atoms with Gasteiger partial charge in [0.25, 0.3) is 0 Å². The topological polar surface area (TPSA) is 262 Å². The molecule has 0 aliphatic carbocycles. The van der Waals surface area contributed by atoms with Crippen LogP contribution in [-0.4, -0.2) is 119 Å². The van der Waals surface area contributed by atoms with E-state index in [-0.39, 0.29) is 50.8 Å². The second-order valence-electron chi connectivity index (χ2n) is 16.1. The summed E-state index contributed by atoms with van der Waals surface area (Å²) in [7, 11) is 1.42. The lowest BCUT2D eigenvalue weighted by atomic mass is 9.96. The third-order valence-corrected chi connectivity index (χ3v) is 11.4. The standard InChI is InChI=1S/C45H65N7O11/c1-7-27(3)37-42(58)47-34(23-19-30-14-10-9-11-15-30)43(59)52(6)36(24-20-31-17-21-32(54)22-18-31)41(57)48-35(26-63-29(5)53)39(55)46-25-13-12-16-33(40(56)50-37)49-45(62)51-38(44(60)61)28(4)8-2/h9-11,14-15,17-18,21-22,27-28,33-38,54H,7-8,12-13,16,19-20,23-26H2,1-6H3,(H,46,55)(H,47,58)(H,48,57)(H,50,56)(H,60,61)(H2,49,51,62). The van der Waals surface area contributed by atoms with Crippen molar-refractivity contribution in [2.45, 2.75) is 129 Å². The van der Waals surface area contributed by atoms with E-state index in [1.807, 2.05) is 37.3 Å². The molecule has 1 saturated heterocycles. The fraction of sp³-hybridized carbons (Fsp3) is 0.556. The Balaban J connectivity index is 2.08. The van der Waals surface area contributed by atoms with Crippen LogP contribution in [-0.2, 0) is 51.1 Å². The summed E-state index contributed by atoms with van der Waals surface area (Å²) in [6.45, 7) is 7.71. The van der Waals surface area contributed by atoms with Crippen LogP contribution in [0.3, 0.4) is 0 Å². The maximum atomic E-state index is 14.7. The van der Waals surface area contributed by atoms with Crippen molar-refractivity contribution in [2.24, 2.45) is 11.8 Å². The zero-order valence-electron chi connectivity index (χ0n) is 37.1. The Bertz CT molecular complexity index is 1860. The second-order valence-corrected chi connectivity index (χ2v) is 16.1. The summed E-state index contributed by atoms with van der Waals surface area (Å²) in [5.41, 5.74) is 1.62. The van der Waals surface area contributed by atoms with Crippen molar-refractivity contribution in [3.05, 3.63) is 65.7 Å². The minimum Gasteiger partial charge on any atom is -0.508 e. The first-order chi connectivity index (χ1) is 29.9. The number of carbonyl (C=O) groups is 8. The van der Waals surface area contributed by atoms with Crippen molar-refractivity contribution in [2.75, 3.05) is 20.2 Å². The molecule has 8 atom stereocenters. The number of aliphatic carboxylic acids is 1. The maximum absolute atomic E-state index is 14.7. The van der Waals surface area contributed by atoms with E-state index in [0.29, 0.717) is 19.3 Å². The number of phenolic OH excluding ortho intramolecular Hbond substituents is 1. The van der Waals surface area contributed by atoms with E-state index in [2.05, 4.69) is 31.9 Å². The minimum atomic E-state index is -1.37. The summed E-state index contributed by atoms with van der Waals surface area (Å²) in [5.74, 6) is -6.24. The van der Waals surface area contributed by atoms with Crippen LogP contribution >= 0.6 is 0 Å². The predicted molar refractivity (Wildman–Crippen MR) is 233 cm³/mol. The number of aryl methyl sites for hydroxylation is 2. The number of rotatable bonds is 15. The van der Waals surface area contributed by atoms with Crippen molar-refractivity contribution in [1.29, 1.82) is 0 Å². The van der Waals surface area contributed by atoms with E-state index >= 15 is 0 Å². The summed E-state index contributed by atoms with van der Waals surface area (Å²) in [5, 5.41) is 35.7. The Morgan fingerprint density at radius 2 is 1.44 bits per heavy atom. The first-order valence-corrected chi connectivity index (χ1v) is 21.7. The van der Waals surface area contributed by atoms with Crippen molar-refractivity contribution in [3.8, 4) is 5.75 Å². The lowest BCUT2D eigenvalue weighted by Crippen LogP contribution is -2.61. The van der Waals surface area contributed by atoms with E-state index < -0.39 is 102 Å². The Kier molecular flexibility index (Phi) is 20.8. The molecule has 2 aromatic carbocycles. The van der Waals surface area contributed by atoms with Gasteiger partial charge in [0.05, 0.1) is 0 Å². The number of esters is 1. The number of ether oxygens (including phenoxy) is 1. The van der Waals surface area contributed by atoms with Gasteiger partial charge in [-0.1, -0.05) is 83.0 Å². The van der Waals surface area contributed by atoms with Crippen molar-refractivity contribution < 1.29 is 53.3 Å². The first-order valence-electron chi connectivity index (χ1n) is 21.7. The van der Waals surface area contributed by atoms with Gasteiger partial charge >= 0.3 is 18.0 Å². The van der Waals surface area contributed by atoms with Crippen molar-refractivity contribution in [1.82, 2.24) is 36.8 Å². The van der Waals surface area contributed by atoms with E-state index in [9.17, 15) is 48.6 Å². The number of carboxylic acids is 1. The lowest BCUT2D eigenvalue weighted by Gasteiger charge is -2.33. The molecule has 0 spiro atoms. The molecule has 0 bridgehead atoms. The van der Waals surface area contributed by atoms with Gasteiger partial charge in [-0.25, -0.2) is 9.59 Å². The molecule has 3 rings (SSSR count). The molecule has 18 nitrogen and oxygen atoms in total. The van der Waals surface area contributed by atoms with Gasteiger partial charge in [0.15, 0.2) is 0 Å². The quantitative estimate of drug-likeness (QED) is 0.120.